The van der Waals surface area contributed by atoms with Gasteiger partial charge in [-0.05, 0) is 83.4 Å². The first-order valence-electron chi connectivity index (χ1n) is 10.0. The summed E-state index contributed by atoms with van der Waals surface area (Å²) in [7, 11) is -3.54. The van der Waals surface area contributed by atoms with Gasteiger partial charge in [-0.3, -0.25) is 4.79 Å². The van der Waals surface area contributed by atoms with Crippen molar-refractivity contribution in [3.05, 3.63) is 29.8 Å². The normalized spacial score (nSPS) is 16.4. The maximum absolute atomic E-state index is 12.7. The first-order valence-corrected chi connectivity index (χ1v) is 11.5. The third-order valence-electron chi connectivity index (χ3n) is 5.15. The van der Waals surface area contributed by atoms with Gasteiger partial charge in [-0.25, -0.2) is 13.1 Å². The van der Waals surface area contributed by atoms with Crippen LogP contribution in [0, 0.1) is 0 Å². The molecule has 1 amide bonds. The van der Waals surface area contributed by atoms with Gasteiger partial charge in [0.25, 0.3) is 5.91 Å². The molecule has 27 heavy (non-hydrogen) atoms. The average molecular weight is 396 g/mol. The molecule has 0 aliphatic carbocycles. The highest BCUT2D eigenvalue weighted by atomic mass is 32.2. The van der Waals surface area contributed by atoms with Gasteiger partial charge in [-0.2, -0.15) is 0 Å². The summed E-state index contributed by atoms with van der Waals surface area (Å²) in [4.78, 5) is 17.2. The van der Waals surface area contributed by atoms with Crippen molar-refractivity contribution in [3.63, 3.8) is 0 Å². The number of rotatable bonds is 10. The molecular formula is C20H33N3O3S. The van der Waals surface area contributed by atoms with Gasteiger partial charge in [0.2, 0.25) is 10.0 Å². The minimum absolute atomic E-state index is 0.0437. The van der Waals surface area contributed by atoms with Gasteiger partial charge in [0.1, 0.15) is 0 Å². The molecule has 1 aliphatic rings. The van der Waals surface area contributed by atoms with E-state index >= 15 is 0 Å². The molecule has 0 unspecified atom stereocenters. The second kappa shape index (κ2) is 10.2. The second-order valence-electron chi connectivity index (χ2n) is 7.24. The van der Waals surface area contributed by atoms with Crippen LogP contribution in [0.4, 0.5) is 0 Å². The average Bonchev–Trinajstić information content (AvgIpc) is 3.18. The number of hydrogen-bond donors (Lipinski definition) is 1. The molecule has 0 radical (unpaired) electrons. The zero-order valence-corrected chi connectivity index (χ0v) is 17.6. The molecule has 7 heteroatoms. The third-order valence-corrected chi connectivity index (χ3v) is 6.76. The molecule has 0 bridgehead atoms. The Balaban J connectivity index is 1.96. The summed E-state index contributed by atoms with van der Waals surface area (Å²) in [5.41, 5.74) is 0.528. The summed E-state index contributed by atoms with van der Waals surface area (Å²) in [6.07, 6.45) is 4.23. The van der Waals surface area contributed by atoms with E-state index in [4.69, 9.17) is 0 Å². The van der Waals surface area contributed by atoms with E-state index in [2.05, 4.69) is 9.62 Å². The maximum Gasteiger partial charge on any atom is 0.253 e. The summed E-state index contributed by atoms with van der Waals surface area (Å²) in [6.45, 7) is 10.5. The number of carbonyl (C=O) groups excluding carboxylic acids is 1. The molecule has 1 atom stereocenters. The second-order valence-corrected chi connectivity index (χ2v) is 8.96. The Bertz CT molecular complexity index is 698. The first kappa shape index (κ1) is 21.9. The van der Waals surface area contributed by atoms with Crippen LogP contribution in [0.15, 0.2) is 29.2 Å². The monoisotopic (exact) mass is 395 g/mol. The molecule has 1 saturated heterocycles. The topological polar surface area (TPSA) is 69.7 Å². The Labute approximate surface area is 164 Å². The van der Waals surface area contributed by atoms with Crippen molar-refractivity contribution in [2.45, 2.75) is 57.4 Å². The number of amides is 1. The molecule has 1 aromatic carbocycles. The van der Waals surface area contributed by atoms with Crippen molar-refractivity contribution in [1.82, 2.24) is 14.5 Å². The fourth-order valence-electron chi connectivity index (χ4n) is 3.27. The number of nitrogens with zero attached hydrogens (tertiary/aromatic N) is 2. The van der Waals surface area contributed by atoms with Crippen LogP contribution in [0.3, 0.4) is 0 Å². The highest BCUT2D eigenvalue weighted by molar-refractivity contribution is 7.89. The Morgan fingerprint density at radius 1 is 1.19 bits per heavy atom. The van der Waals surface area contributed by atoms with E-state index in [0.29, 0.717) is 12.1 Å². The number of nitrogens with one attached hydrogen (secondary N) is 1. The number of likely N-dealkylation sites (tertiary alicyclic amines) is 1. The van der Waals surface area contributed by atoms with Gasteiger partial charge in [0.05, 0.1) is 4.90 Å². The lowest BCUT2D eigenvalue weighted by molar-refractivity contribution is 0.0758. The van der Waals surface area contributed by atoms with Gasteiger partial charge in [0.15, 0.2) is 0 Å². The van der Waals surface area contributed by atoms with Crippen molar-refractivity contribution in [2.24, 2.45) is 0 Å². The largest absolute Gasteiger partial charge is 0.339 e. The van der Waals surface area contributed by atoms with E-state index in [1.807, 2.05) is 25.7 Å². The van der Waals surface area contributed by atoms with E-state index < -0.39 is 10.0 Å². The van der Waals surface area contributed by atoms with Crippen molar-refractivity contribution in [1.29, 1.82) is 0 Å². The van der Waals surface area contributed by atoms with Crippen LogP contribution in [0.2, 0.25) is 0 Å². The Morgan fingerprint density at radius 3 is 2.37 bits per heavy atom. The first-order chi connectivity index (χ1) is 12.9. The predicted octanol–water partition coefficient (Wildman–Crippen LogP) is 2.71. The highest BCUT2D eigenvalue weighted by Gasteiger charge is 2.19. The van der Waals surface area contributed by atoms with Crippen LogP contribution in [0.25, 0.3) is 0 Å². The predicted molar refractivity (Wildman–Crippen MR) is 108 cm³/mol. The Morgan fingerprint density at radius 2 is 1.81 bits per heavy atom. The summed E-state index contributed by atoms with van der Waals surface area (Å²) in [6, 6.07) is 6.11. The molecule has 1 fully saturated rings. The maximum atomic E-state index is 12.7. The molecule has 6 nitrogen and oxygen atoms in total. The molecule has 152 valence electrons. The Hall–Kier alpha value is -1.44. The standard InChI is InChI=1S/C20H33N3O3S/c1-4-17(3)21-27(25,26)19-11-9-18(10-12-19)20(24)23(5-2)16-8-15-22-13-6-7-14-22/h9-12,17,21H,4-8,13-16H2,1-3H3/t17-/m1/s1. The van der Waals surface area contributed by atoms with Gasteiger partial charge in [0, 0.05) is 24.7 Å². The van der Waals surface area contributed by atoms with Gasteiger partial charge in [-0.1, -0.05) is 6.92 Å². The van der Waals surface area contributed by atoms with Crippen molar-refractivity contribution < 1.29 is 13.2 Å². The lowest BCUT2D eigenvalue weighted by Gasteiger charge is -2.23. The van der Waals surface area contributed by atoms with E-state index in [1.165, 1.54) is 38.1 Å². The summed E-state index contributed by atoms with van der Waals surface area (Å²) < 4.78 is 27.3. The fourth-order valence-corrected chi connectivity index (χ4v) is 4.60. The quantitative estimate of drug-likeness (QED) is 0.661. The van der Waals surface area contributed by atoms with Crippen LogP contribution in [0.1, 0.15) is 56.8 Å². The lowest BCUT2D eigenvalue weighted by atomic mass is 10.2. The van der Waals surface area contributed by atoms with E-state index in [-0.39, 0.29) is 16.8 Å². The molecule has 0 aromatic heterocycles. The zero-order chi connectivity index (χ0) is 19.9. The van der Waals surface area contributed by atoms with E-state index in [1.54, 1.807) is 12.1 Å². The number of hydrogen-bond acceptors (Lipinski definition) is 4. The summed E-state index contributed by atoms with van der Waals surface area (Å²) in [5, 5.41) is 0. The number of carbonyl (C=O) groups is 1. The van der Waals surface area contributed by atoms with Crippen LogP contribution in [0.5, 0.6) is 0 Å². The molecular weight excluding hydrogens is 362 g/mol. The minimum atomic E-state index is -3.54. The lowest BCUT2D eigenvalue weighted by Crippen LogP contribution is -2.34. The third kappa shape index (κ3) is 6.30. The molecule has 0 saturated carbocycles. The SMILES string of the molecule is CC[C@@H](C)NS(=O)(=O)c1ccc(C(=O)N(CC)CCCN2CCCC2)cc1. The molecule has 1 aliphatic heterocycles. The summed E-state index contributed by atoms with van der Waals surface area (Å²) >= 11 is 0. The van der Waals surface area contributed by atoms with Crippen molar-refractivity contribution in [2.75, 3.05) is 32.7 Å². The smallest absolute Gasteiger partial charge is 0.253 e. The zero-order valence-electron chi connectivity index (χ0n) is 16.8. The molecule has 0 spiro atoms. The molecule has 1 aromatic rings. The van der Waals surface area contributed by atoms with Gasteiger partial charge in [-0.15, -0.1) is 0 Å². The van der Waals surface area contributed by atoms with Gasteiger partial charge < -0.3 is 9.80 Å². The Kier molecular flexibility index (Phi) is 8.26. The number of sulfonamides is 1. The van der Waals surface area contributed by atoms with Gasteiger partial charge >= 0.3 is 0 Å². The summed E-state index contributed by atoms with van der Waals surface area (Å²) in [5.74, 6) is -0.0437. The highest BCUT2D eigenvalue weighted by Crippen LogP contribution is 2.14. The van der Waals surface area contributed by atoms with Crippen molar-refractivity contribution in [3.8, 4) is 0 Å². The molecule has 2 rings (SSSR count). The molecule has 1 N–H and O–H groups in total. The van der Waals surface area contributed by atoms with Crippen LogP contribution in [-0.4, -0.2) is 62.9 Å². The van der Waals surface area contributed by atoms with E-state index in [0.717, 1.165) is 25.9 Å². The number of benzene rings is 1. The van der Waals surface area contributed by atoms with Crippen LogP contribution >= 0.6 is 0 Å². The van der Waals surface area contributed by atoms with Crippen molar-refractivity contribution >= 4 is 15.9 Å². The fraction of sp³-hybridized carbons (Fsp3) is 0.650. The van der Waals surface area contributed by atoms with Crippen LogP contribution < -0.4 is 4.72 Å². The minimum Gasteiger partial charge on any atom is -0.339 e. The molecule has 1 heterocycles. The van der Waals surface area contributed by atoms with Crippen LogP contribution in [-0.2, 0) is 10.0 Å². The van der Waals surface area contributed by atoms with E-state index in [9.17, 15) is 13.2 Å².